The fourth-order valence-electron chi connectivity index (χ4n) is 2.63. The zero-order valence-electron chi connectivity index (χ0n) is 8.69. The van der Waals surface area contributed by atoms with Crippen LogP contribution in [0.4, 0.5) is 0 Å². The summed E-state index contributed by atoms with van der Waals surface area (Å²) < 4.78 is 5.46. The van der Waals surface area contributed by atoms with Crippen molar-refractivity contribution >= 4 is 0 Å². The number of ether oxygens (including phenoxy) is 1. The fourth-order valence-corrected chi connectivity index (χ4v) is 2.63. The molecule has 82 valence electrons. The summed E-state index contributed by atoms with van der Waals surface area (Å²) in [6.45, 7) is 3.74. The standard InChI is InChI=1S/C10H21N2O2/c11-10-2-1-9(7-10)8-12(13)3-5-14-6-4-12/h9-10,13H,1-8,11H2/q+1. The van der Waals surface area contributed by atoms with Gasteiger partial charge in [-0.2, -0.15) is 4.65 Å². The Morgan fingerprint density at radius 3 is 2.57 bits per heavy atom. The van der Waals surface area contributed by atoms with Crippen LogP contribution in [0.2, 0.25) is 0 Å². The molecule has 0 aromatic heterocycles. The first-order chi connectivity index (χ1) is 6.68. The maximum atomic E-state index is 10.2. The van der Waals surface area contributed by atoms with E-state index in [4.69, 9.17) is 10.5 Å². The summed E-state index contributed by atoms with van der Waals surface area (Å²) in [4.78, 5) is 0. The van der Waals surface area contributed by atoms with Crippen LogP contribution >= 0.6 is 0 Å². The van der Waals surface area contributed by atoms with E-state index in [1.54, 1.807) is 0 Å². The van der Waals surface area contributed by atoms with E-state index in [9.17, 15) is 5.21 Å². The molecule has 0 aromatic carbocycles. The molecule has 2 unspecified atom stereocenters. The number of morpholine rings is 1. The quantitative estimate of drug-likeness (QED) is 0.634. The van der Waals surface area contributed by atoms with Gasteiger partial charge in [0.15, 0.2) is 0 Å². The molecule has 2 rings (SSSR count). The van der Waals surface area contributed by atoms with Crippen LogP contribution in [0.5, 0.6) is 0 Å². The Morgan fingerprint density at radius 1 is 1.29 bits per heavy atom. The smallest absolute Gasteiger partial charge is 0.132 e. The molecule has 0 amide bonds. The fraction of sp³-hybridized carbons (Fsp3) is 1.00. The molecule has 2 atom stereocenters. The second kappa shape index (κ2) is 4.14. The van der Waals surface area contributed by atoms with E-state index in [1.165, 1.54) is 6.42 Å². The highest BCUT2D eigenvalue weighted by Crippen LogP contribution is 2.27. The lowest BCUT2D eigenvalue weighted by molar-refractivity contribution is -1.11. The van der Waals surface area contributed by atoms with Gasteiger partial charge in [0.1, 0.15) is 19.6 Å². The van der Waals surface area contributed by atoms with Crippen molar-refractivity contribution in [1.82, 2.24) is 0 Å². The van der Waals surface area contributed by atoms with Crippen molar-refractivity contribution in [2.75, 3.05) is 32.8 Å². The van der Waals surface area contributed by atoms with Crippen LogP contribution in [0, 0.1) is 5.92 Å². The SMILES string of the molecule is NC1CCC(C[N+]2(O)CCOCC2)C1. The van der Waals surface area contributed by atoms with Crippen LogP contribution in [0.1, 0.15) is 19.3 Å². The molecule has 1 heterocycles. The summed E-state index contributed by atoms with van der Waals surface area (Å²) in [5.74, 6) is 0.619. The Hall–Kier alpha value is -0.160. The minimum absolute atomic E-state index is 0.206. The van der Waals surface area contributed by atoms with Crippen molar-refractivity contribution in [2.24, 2.45) is 11.7 Å². The van der Waals surface area contributed by atoms with Crippen molar-refractivity contribution in [3.05, 3.63) is 0 Å². The van der Waals surface area contributed by atoms with Crippen molar-refractivity contribution in [1.29, 1.82) is 0 Å². The number of hydroxylamine groups is 3. The second-order valence-electron chi connectivity index (χ2n) is 4.78. The number of hydrogen-bond acceptors (Lipinski definition) is 3. The highest BCUT2D eigenvalue weighted by Gasteiger charge is 2.35. The first kappa shape index (κ1) is 10.4. The average Bonchev–Trinajstić information content (AvgIpc) is 2.51. The molecule has 1 saturated heterocycles. The van der Waals surface area contributed by atoms with Crippen molar-refractivity contribution in [2.45, 2.75) is 25.3 Å². The molecule has 0 aromatic rings. The normalized spacial score (nSPS) is 37.3. The van der Waals surface area contributed by atoms with E-state index in [1.807, 2.05) is 0 Å². The lowest BCUT2D eigenvalue weighted by atomic mass is 10.1. The Bertz CT molecular complexity index is 193. The number of nitrogens with two attached hydrogens (primary N) is 1. The summed E-state index contributed by atoms with van der Waals surface area (Å²) in [5.41, 5.74) is 5.86. The van der Waals surface area contributed by atoms with Crippen molar-refractivity contribution < 1.29 is 14.6 Å². The molecule has 0 radical (unpaired) electrons. The number of quaternary nitrogens is 1. The molecule has 1 aliphatic carbocycles. The Morgan fingerprint density at radius 2 is 2.00 bits per heavy atom. The third kappa shape index (κ3) is 2.45. The van der Waals surface area contributed by atoms with E-state index >= 15 is 0 Å². The van der Waals surface area contributed by atoms with E-state index in [2.05, 4.69) is 0 Å². The molecule has 2 aliphatic rings. The Labute approximate surface area is 85.2 Å². The van der Waals surface area contributed by atoms with Crippen molar-refractivity contribution in [3.63, 3.8) is 0 Å². The van der Waals surface area contributed by atoms with E-state index in [0.717, 1.165) is 32.5 Å². The summed E-state index contributed by atoms with van der Waals surface area (Å²) >= 11 is 0. The van der Waals surface area contributed by atoms with E-state index < -0.39 is 0 Å². The Balaban J connectivity index is 1.83. The van der Waals surface area contributed by atoms with Gasteiger partial charge < -0.3 is 10.5 Å². The largest absolute Gasteiger partial charge is 0.370 e. The minimum atomic E-state index is 0.206. The zero-order valence-corrected chi connectivity index (χ0v) is 8.69. The van der Waals surface area contributed by atoms with Gasteiger partial charge in [-0.25, -0.2) is 5.21 Å². The van der Waals surface area contributed by atoms with Crippen LogP contribution in [-0.2, 0) is 4.74 Å². The topological polar surface area (TPSA) is 55.5 Å². The third-order valence-electron chi connectivity index (χ3n) is 3.48. The van der Waals surface area contributed by atoms with E-state index in [0.29, 0.717) is 25.2 Å². The van der Waals surface area contributed by atoms with Gasteiger partial charge in [-0.15, -0.1) is 0 Å². The molecule has 2 fully saturated rings. The number of hydrogen-bond donors (Lipinski definition) is 2. The zero-order chi connectivity index (χ0) is 10.0. The summed E-state index contributed by atoms with van der Waals surface area (Å²) in [5, 5.41) is 10.2. The summed E-state index contributed by atoms with van der Waals surface area (Å²) in [7, 11) is 0. The van der Waals surface area contributed by atoms with Crippen molar-refractivity contribution in [3.8, 4) is 0 Å². The highest BCUT2D eigenvalue weighted by molar-refractivity contribution is 4.77. The van der Waals surface area contributed by atoms with Gasteiger partial charge in [0.25, 0.3) is 0 Å². The molecule has 0 spiro atoms. The molecule has 4 nitrogen and oxygen atoms in total. The molecule has 4 heteroatoms. The maximum absolute atomic E-state index is 10.2. The average molecular weight is 201 g/mol. The lowest BCUT2D eigenvalue weighted by Crippen LogP contribution is -2.54. The molecule has 1 saturated carbocycles. The molecule has 1 aliphatic heterocycles. The van der Waals surface area contributed by atoms with Gasteiger partial charge in [-0.05, 0) is 19.3 Å². The van der Waals surface area contributed by atoms with Gasteiger partial charge >= 0.3 is 0 Å². The number of nitrogens with zero attached hydrogens (tertiary/aromatic N) is 1. The van der Waals surface area contributed by atoms with Crippen LogP contribution in [-0.4, -0.2) is 48.7 Å². The lowest BCUT2D eigenvalue weighted by Gasteiger charge is -2.35. The van der Waals surface area contributed by atoms with Gasteiger partial charge in [0, 0.05) is 12.0 Å². The molecule has 3 N–H and O–H groups in total. The predicted octanol–water partition coefficient (Wildman–Crippen LogP) is 0.350. The Kier molecular flexibility index (Phi) is 3.07. The van der Waals surface area contributed by atoms with Crippen LogP contribution in [0.15, 0.2) is 0 Å². The van der Waals surface area contributed by atoms with Crippen LogP contribution in [0.3, 0.4) is 0 Å². The monoisotopic (exact) mass is 201 g/mol. The molecular formula is C10H21N2O2+. The second-order valence-corrected chi connectivity index (χ2v) is 4.78. The molecule has 0 bridgehead atoms. The van der Waals surface area contributed by atoms with Crippen LogP contribution in [0.25, 0.3) is 0 Å². The van der Waals surface area contributed by atoms with Gasteiger partial charge in [0.2, 0.25) is 0 Å². The predicted molar refractivity (Wildman–Crippen MR) is 52.8 cm³/mol. The van der Waals surface area contributed by atoms with E-state index in [-0.39, 0.29) is 4.65 Å². The summed E-state index contributed by atoms with van der Waals surface area (Å²) in [6.07, 6.45) is 3.39. The first-order valence-electron chi connectivity index (χ1n) is 5.60. The van der Waals surface area contributed by atoms with Gasteiger partial charge in [-0.3, -0.25) is 0 Å². The number of rotatable bonds is 2. The molecule has 14 heavy (non-hydrogen) atoms. The maximum Gasteiger partial charge on any atom is 0.132 e. The summed E-state index contributed by atoms with van der Waals surface area (Å²) in [6, 6.07) is 0.368. The van der Waals surface area contributed by atoms with Gasteiger partial charge in [-0.1, -0.05) is 0 Å². The van der Waals surface area contributed by atoms with Gasteiger partial charge in [0.05, 0.1) is 13.2 Å². The minimum Gasteiger partial charge on any atom is -0.370 e. The third-order valence-corrected chi connectivity index (χ3v) is 3.48. The molecular weight excluding hydrogens is 180 g/mol. The highest BCUT2D eigenvalue weighted by atomic mass is 16.6. The van der Waals surface area contributed by atoms with Crippen LogP contribution < -0.4 is 5.73 Å². The first-order valence-corrected chi connectivity index (χ1v) is 5.60.